The van der Waals surface area contributed by atoms with Crippen molar-refractivity contribution < 1.29 is 24.2 Å². The van der Waals surface area contributed by atoms with Crippen LogP contribution < -0.4 is 15.5 Å². The predicted molar refractivity (Wildman–Crippen MR) is 131 cm³/mol. The number of nitrogens with one attached hydrogen (secondary N) is 2. The molecule has 0 saturated carbocycles. The number of benzene rings is 2. The highest BCUT2D eigenvalue weighted by Crippen LogP contribution is 2.39. The Morgan fingerprint density at radius 1 is 1.09 bits per heavy atom. The number of rotatable bonds is 5. The second-order valence-corrected chi connectivity index (χ2v) is 9.63. The molecule has 0 fully saturated rings. The summed E-state index contributed by atoms with van der Waals surface area (Å²) in [5.41, 5.74) is 3.98. The van der Waals surface area contributed by atoms with Crippen molar-refractivity contribution in [1.82, 2.24) is 10.6 Å². The molecule has 1 heterocycles. The number of alkyl carbamates (subject to hydrolysis) is 1. The maximum atomic E-state index is 12.2. The molecule has 2 atom stereocenters. The van der Waals surface area contributed by atoms with Crippen LogP contribution in [0.15, 0.2) is 42.5 Å². The first-order valence-corrected chi connectivity index (χ1v) is 11.4. The number of anilines is 1. The molecule has 0 saturated heterocycles. The lowest BCUT2D eigenvalue weighted by molar-refractivity contribution is -0.117. The van der Waals surface area contributed by atoms with Gasteiger partial charge < -0.3 is 25.4 Å². The standard InChI is InChI=1S/C26H33N3O5/c1-16-14-22(28-24(31)32)21-15-20(10-11-23(21)29(16)17(2)30)19-8-6-18(7-9-19)12-13-27-25(33)34-26(3,4)5/h6-11,15-16,22,28H,12-14H2,1-5H3,(H,27,33)(H,31,32)/t16-,22+/m0/s1. The van der Waals surface area contributed by atoms with E-state index in [4.69, 9.17) is 4.74 Å². The summed E-state index contributed by atoms with van der Waals surface area (Å²) in [5.74, 6) is -0.0698. The lowest BCUT2D eigenvalue weighted by Gasteiger charge is -2.39. The lowest BCUT2D eigenvalue weighted by Crippen LogP contribution is -2.45. The van der Waals surface area contributed by atoms with E-state index in [1.54, 1.807) is 4.90 Å². The highest BCUT2D eigenvalue weighted by atomic mass is 16.6. The summed E-state index contributed by atoms with van der Waals surface area (Å²) < 4.78 is 5.24. The minimum Gasteiger partial charge on any atom is -0.465 e. The molecule has 0 bridgehead atoms. The van der Waals surface area contributed by atoms with Gasteiger partial charge in [-0.1, -0.05) is 30.3 Å². The molecule has 182 valence electrons. The summed E-state index contributed by atoms with van der Waals surface area (Å²) in [5, 5.41) is 14.7. The molecule has 0 aromatic heterocycles. The minimum absolute atomic E-state index is 0.0698. The van der Waals surface area contributed by atoms with Gasteiger partial charge in [-0.15, -0.1) is 0 Å². The number of nitrogens with zero attached hydrogens (tertiary/aromatic N) is 1. The van der Waals surface area contributed by atoms with Crippen molar-refractivity contribution in [2.24, 2.45) is 0 Å². The molecule has 0 radical (unpaired) electrons. The van der Waals surface area contributed by atoms with Crippen molar-refractivity contribution >= 4 is 23.8 Å². The van der Waals surface area contributed by atoms with Crippen molar-refractivity contribution in [2.75, 3.05) is 11.4 Å². The fourth-order valence-electron chi connectivity index (χ4n) is 4.30. The van der Waals surface area contributed by atoms with Gasteiger partial charge in [0.2, 0.25) is 5.91 Å². The van der Waals surface area contributed by atoms with Crippen LogP contribution in [0.5, 0.6) is 0 Å². The van der Waals surface area contributed by atoms with Crippen molar-refractivity contribution in [1.29, 1.82) is 0 Å². The first-order valence-electron chi connectivity index (χ1n) is 11.4. The summed E-state index contributed by atoms with van der Waals surface area (Å²) in [6.45, 7) is 9.38. The number of carbonyl (C=O) groups excluding carboxylic acids is 2. The summed E-state index contributed by atoms with van der Waals surface area (Å²) in [7, 11) is 0. The van der Waals surface area contributed by atoms with Gasteiger partial charge in [-0.25, -0.2) is 9.59 Å². The topological polar surface area (TPSA) is 108 Å². The molecular formula is C26H33N3O5. The molecule has 0 spiro atoms. The van der Waals surface area contributed by atoms with Crippen LogP contribution in [-0.4, -0.2) is 41.4 Å². The van der Waals surface area contributed by atoms with Gasteiger partial charge in [-0.05, 0) is 74.9 Å². The number of hydrogen-bond donors (Lipinski definition) is 3. The van der Waals surface area contributed by atoms with Gasteiger partial charge in [0.25, 0.3) is 0 Å². The maximum Gasteiger partial charge on any atom is 0.407 e. The van der Waals surface area contributed by atoms with Crippen LogP contribution in [0.2, 0.25) is 0 Å². The van der Waals surface area contributed by atoms with Crippen molar-refractivity contribution in [2.45, 2.75) is 65.1 Å². The minimum atomic E-state index is -1.09. The van der Waals surface area contributed by atoms with Crippen LogP contribution in [0, 0.1) is 0 Å². The van der Waals surface area contributed by atoms with E-state index < -0.39 is 23.8 Å². The number of ether oxygens (including phenoxy) is 1. The van der Waals surface area contributed by atoms with Crippen LogP contribution in [0.25, 0.3) is 11.1 Å². The predicted octanol–water partition coefficient (Wildman–Crippen LogP) is 4.87. The third-order valence-corrected chi connectivity index (χ3v) is 5.69. The molecule has 0 unspecified atom stereocenters. The van der Waals surface area contributed by atoms with Gasteiger partial charge in [0, 0.05) is 25.2 Å². The Morgan fingerprint density at radius 3 is 2.32 bits per heavy atom. The Balaban J connectivity index is 1.76. The number of amides is 3. The molecular weight excluding hydrogens is 434 g/mol. The number of hydrogen-bond acceptors (Lipinski definition) is 4. The first kappa shape index (κ1) is 25.1. The first-order chi connectivity index (χ1) is 15.9. The Morgan fingerprint density at radius 2 is 1.74 bits per heavy atom. The number of fused-ring (bicyclic) bond motifs is 1. The smallest absolute Gasteiger partial charge is 0.407 e. The number of carboxylic acid groups (broad SMARTS) is 1. The van der Waals surface area contributed by atoms with E-state index in [-0.39, 0.29) is 11.9 Å². The quantitative estimate of drug-likeness (QED) is 0.581. The highest BCUT2D eigenvalue weighted by molar-refractivity contribution is 5.94. The summed E-state index contributed by atoms with van der Waals surface area (Å²) in [4.78, 5) is 37.1. The van der Waals surface area contributed by atoms with Gasteiger partial charge >= 0.3 is 12.2 Å². The Hall–Kier alpha value is -3.55. The van der Waals surface area contributed by atoms with Gasteiger partial charge in [-0.3, -0.25) is 4.79 Å². The summed E-state index contributed by atoms with van der Waals surface area (Å²) in [6, 6.07) is 13.3. The Bertz CT molecular complexity index is 1060. The zero-order chi connectivity index (χ0) is 25.0. The molecule has 1 aliphatic heterocycles. The molecule has 2 aromatic carbocycles. The molecule has 2 aromatic rings. The molecule has 34 heavy (non-hydrogen) atoms. The summed E-state index contributed by atoms with van der Waals surface area (Å²) in [6.07, 6.45) is -0.350. The lowest BCUT2D eigenvalue weighted by atomic mass is 9.89. The van der Waals surface area contributed by atoms with Crippen molar-refractivity contribution in [3.63, 3.8) is 0 Å². The fraction of sp³-hybridized carbons (Fsp3) is 0.423. The third kappa shape index (κ3) is 6.27. The average molecular weight is 468 g/mol. The van der Waals surface area contributed by atoms with Crippen LogP contribution in [0.3, 0.4) is 0 Å². The van der Waals surface area contributed by atoms with Crippen LogP contribution in [-0.2, 0) is 16.0 Å². The SMILES string of the molecule is CC(=O)N1c2ccc(-c3ccc(CCNC(=O)OC(C)(C)C)cc3)cc2[C@H](NC(=O)O)C[C@@H]1C. The molecule has 3 rings (SSSR count). The maximum absolute atomic E-state index is 12.2. The van der Waals surface area contributed by atoms with Crippen LogP contribution in [0.1, 0.15) is 58.2 Å². The van der Waals surface area contributed by atoms with E-state index in [2.05, 4.69) is 10.6 Å². The monoisotopic (exact) mass is 467 g/mol. The molecule has 8 heteroatoms. The van der Waals surface area contributed by atoms with Crippen LogP contribution in [0.4, 0.5) is 15.3 Å². The molecule has 1 aliphatic rings. The summed E-state index contributed by atoms with van der Waals surface area (Å²) >= 11 is 0. The fourth-order valence-corrected chi connectivity index (χ4v) is 4.30. The van der Waals surface area contributed by atoms with E-state index in [0.29, 0.717) is 19.4 Å². The third-order valence-electron chi connectivity index (χ3n) is 5.69. The highest BCUT2D eigenvalue weighted by Gasteiger charge is 2.33. The second-order valence-electron chi connectivity index (χ2n) is 9.63. The van der Waals surface area contributed by atoms with Gasteiger partial charge in [0.1, 0.15) is 5.60 Å². The molecule has 0 aliphatic carbocycles. The van der Waals surface area contributed by atoms with E-state index in [1.807, 2.05) is 70.2 Å². The second kappa shape index (κ2) is 10.2. The Kier molecular flexibility index (Phi) is 7.49. The molecule has 8 nitrogen and oxygen atoms in total. The van der Waals surface area contributed by atoms with E-state index in [9.17, 15) is 19.5 Å². The molecule has 3 amide bonds. The largest absolute Gasteiger partial charge is 0.465 e. The van der Waals surface area contributed by atoms with Gasteiger partial charge in [0.05, 0.1) is 6.04 Å². The van der Waals surface area contributed by atoms with E-state index >= 15 is 0 Å². The number of carbonyl (C=O) groups is 3. The van der Waals surface area contributed by atoms with Gasteiger partial charge in [0.15, 0.2) is 0 Å². The normalized spacial score (nSPS) is 17.5. The van der Waals surface area contributed by atoms with Crippen LogP contribution >= 0.6 is 0 Å². The van der Waals surface area contributed by atoms with E-state index in [1.165, 1.54) is 6.92 Å². The molecule has 3 N–H and O–H groups in total. The van der Waals surface area contributed by atoms with E-state index in [0.717, 1.165) is 27.9 Å². The zero-order valence-corrected chi connectivity index (χ0v) is 20.3. The zero-order valence-electron chi connectivity index (χ0n) is 20.3. The Labute approximate surface area is 200 Å². The average Bonchev–Trinajstić information content (AvgIpc) is 2.72. The van der Waals surface area contributed by atoms with Crippen molar-refractivity contribution in [3.05, 3.63) is 53.6 Å². The van der Waals surface area contributed by atoms with Crippen molar-refractivity contribution in [3.8, 4) is 11.1 Å². The van der Waals surface area contributed by atoms with Gasteiger partial charge in [-0.2, -0.15) is 0 Å².